The minimum Gasteiger partial charge on any atom is -0.397 e. The monoisotopic (exact) mass is 204 g/mol. The molecule has 0 saturated heterocycles. The molecule has 0 aliphatic rings. The molecule has 0 aliphatic carbocycles. The van der Waals surface area contributed by atoms with Gasteiger partial charge < -0.3 is 11.5 Å². The SMILES string of the molecule is N=C(N)c1nc(C(F)(F)F)ccc1N. The molecule has 0 aliphatic heterocycles. The van der Waals surface area contributed by atoms with Gasteiger partial charge in [0.15, 0.2) is 0 Å². The van der Waals surface area contributed by atoms with Gasteiger partial charge in [-0.15, -0.1) is 0 Å². The van der Waals surface area contributed by atoms with Crippen molar-refractivity contribution in [3.63, 3.8) is 0 Å². The summed E-state index contributed by atoms with van der Waals surface area (Å²) in [6, 6.07) is 1.76. The normalized spacial score (nSPS) is 11.4. The van der Waals surface area contributed by atoms with Gasteiger partial charge in [0.1, 0.15) is 17.2 Å². The van der Waals surface area contributed by atoms with Gasteiger partial charge in [-0.3, -0.25) is 5.41 Å². The smallest absolute Gasteiger partial charge is 0.397 e. The lowest BCUT2D eigenvalue weighted by molar-refractivity contribution is -0.141. The number of hydrogen-bond acceptors (Lipinski definition) is 3. The van der Waals surface area contributed by atoms with E-state index in [-0.39, 0.29) is 11.4 Å². The Morgan fingerprint density at radius 1 is 1.36 bits per heavy atom. The fraction of sp³-hybridized carbons (Fsp3) is 0.143. The summed E-state index contributed by atoms with van der Waals surface area (Å²) in [5.74, 6) is -0.589. The number of nitrogens with two attached hydrogens (primary N) is 2. The topological polar surface area (TPSA) is 88.8 Å². The number of nitrogens with one attached hydrogen (secondary N) is 1. The molecule has 1 rings (SSSR count). The molecule has 0 spiro atoms. The number of amidine groups is 1. The van der Waals surface area contributed by atoms with E-state index < -0.39 is 17.7 Å². The number of alkyl halides is 3. The first-order valence-electron chi connectivity index (χ1n) is 3.50. The molecule has 0 bridgehead atoms. The van der Waals surface area contributed by atoms with E-state index in [1.807, 2.05) is 0 Å². The van der Waals surface area contributed by atoms with Crippen LogP contribution in [0.4, 0.5) is 18.9 Å². The van der Waals surface area contributed by atoms with Crippen LogP contribution >= 0.6 is 0 Å². The highest BCUT2D eigenvalue weighted by Gasteiger charge is 2.33. The number of nitrogens with zero attached hydrogens (tertiary/aromatic N) is 1. The van der Waals surface area contributed by atoms with E-state index in [4.69, 9.17) is 16.9 Å². The van der Waals surface area contributed by atoms with Crippen molar-refractivity contribution in [1.29, 1.82) is 5.41 Å². The van der Waals surface area contributed by atoms with Gasteiger partial charge in [-0.1, -0.05) is 0 Å². The van der Waals surface area contributed by atoms with Crippen LogP contribution in [0.1, 0.15) is 11.4 Å². The van der Waals surface area contributed by atoms with E-state index in [1.54, 1.807) is 0 Å². The van der Waals surface area contributed by atoms with Crippen LogP contribution in [-0.4, -0.2) is 10.8 Å². The average molecular weight is 204 g/mol. The predicted octanol–water partition coefficient (Wildman–Crippen LogP) is 0.967. The fourth-order valence-corrected chi connectivity index (χ4v) is 0.844. The van der Waals surface area contributed by atoms with Crippen molar-refractivity contribution < 1.29 is 13.2 Å². The number of hydrogen-bond donors (Lipinski definition) is 3. The molecule has 0 unspecified atom stereocenters. The molecular weight excluding hydrogens is 197 g/mol. The molecule has 0 atom stereocenters. The number of anilines is 1. The maximum Gasteiger partial charge on any atom is 0.433 e. The first-order chi connectivity index (χ1) is 6.32. The highest BCUT2D eigenvalue weighted by atomic mass is 19.4. The Morgan fingerprint density at radius 2 is 1.93 bits per heavy atom. The molecule has 0 aromatic carbocycles. The predicted molar refractivity (Wildman–Crippen MR) is 44.7 cm³/mol. The van der Waals surface area contributed by atoms with Crippen molar-refractivity contribution in [2.75, 3.05) is 5.73 Å². The fourth-order valence-electron chi connectivity index (χ4n) is 0.844. The van der Waals surface area contributed by atoms with E-state index in [2.05, 4.69) is 4.98 Å². The Hall–Kier alpha value is -1.79. The van der Waals surface area contributed by atoms with Crippen LogP contribution in [-0.2, 0) is 6.18 Å². The third-order valence-corrected chi connectivity index (χ3v) is 1.47. The lowest BCUT2D eigenvalue weighted by Crippen LogP contribution is -2.19. The quantitative estimate of drug-likeness (QED) is 0.470. The minimum absolute atomic E-state index is 0.0505. The zero-order chi connectivity index (χ0) is 10.9. The van der Waals surface area contributed by atoms with E-state index in [0.717, 1.165) is 12.1 Å². The molecule has 1 aromatic rings. The maximum absolute atomic E-state index is 12.1. The highest BCUT2D eigenvalue weighted by molar-refractivity contribution is 5.97. The number of nitrogen functional groups attached to an aromatic ring is 2. The largest absolute Gasteiger partial charge is 0.433 e. The van der Waals surface area contributed by atoms with Crippen molar-refractivity contribution in [2.45, 2.75) is 6.18 Å². The second kappa shape index (κ2) is 3.17. The molecule has 5 N–H and O–H groups in total. The summed E-state index contributed by atoms with van der Waals surface area (Å²) in [6.07, 6.45) is -4.56. The molecule has 1 heterocycles. The van der Waals surface area contributed by atoms with Crippen LogP contribution in [0.5, 0.6) is 0 Å². The van der Waals surface area contributed by atoms with Crippen molar-refractivity contribution >= 4 is 11.5 Å². The summed E-state index contributed by atoms with van der Waals surface area (Å²) in [4.78, 5) is 3.14. The van der Waals surface area contributed by atoms with Crippen LogP contribution in [0.25, 0.3) is 0 Å². The van der Waals surface area contributed by atoms with Gasteiger partial charge in [-0.25, -0.2) is 4.98 Å². The van der Waals surface area contributed by atoms with Gasteiger partial charge in [0, 0.05) is 0 Å². The molecule has 0 amide bonds. The Balaban J connectivity index is 3.27. The summed E-state index contributed by atoms with van der Waals surface area (Å²) in [7, 11) is 0. The molecule has 0 fully saturated rings. The van der Waals surface area contributed by atoms with E-state index in [9.17, 15) is 13.2 Å². The van der Waals surface area contributed by atoms with Crippen molar-refractivity contribution in [2.24, 2.45) is 5.73 Å². The Morgan fingerprint density at radius 3 is 2.36 bits per heavy atom. The van der Waals surface area contributed by atoms with Crippen molar-refractivity contribution in [3.05, 3.63) is 23.5 Å². The zero-order valence-corrected chi connectivity index (χ0v) is 6.89. The molecule has 4 nitrogen and oxygen atoms in total. The zero-order valence-electron chi connectivity index (χ0n) is 6.89. The molecule has 14 heavy (non-hydrogen) atoms. The highest BCUT2D eigenvalue weighted by Crippen LogP contribution is 2.28. The van der Waals surface area contributed by atoms with E-state index in [0.29, 0.717) is 0 Å². The molecule has 1 aromatic heterocycles. The van der Waals surface area contributed by atoms with Crippen LogP contribution in [0, 0.1) is 5.41 Å². The molecule has 0 radical (unpaired) electrons. The van der Waals surface area contributed by atoms with E-state index in [1.165, 1.54) is 0 Å². The number of halogens is 3. The third kappa shape index (κ3) is 1.93. The molecule has 76 valence electrons. The van der Waals surface area contributed by atoms with Gasteiger partial charge >= 0.3 is 6.18 Å². The number of pyridine rings is 1. The Labute approximate surface area is 77.2 Å². The van der Waals surface area contributed by atoms with Gasteiger partial charge in [0.2, 0.25) is 0 Å². The summed E-state index contributed by atoms with van der Waals surface area (Å²) in [6.45, 7) is 0. The average Bonchev–Trinajstić information content (AvgIpc) is 2.02. The Bertz CT molecular complexity index is 372. The van der Waals surface area contributed by atoms with Crippen LogP contribution in [0.15, 0.2) is 12.1 Å². The second-order valence-corrected chi connectivity index (χ2v) is 2.55. The summed E-state index contributed by atoms with van der Waals surface area (Å²) in [5, 5.41) is 6.95. The lowest BCUT2D eigenvalue weighted by atomic mass is 10.2. The second-order valence-electron chi connectivity index (χ2n) is 2.55. The minimum atomic E-state index is -4.56. The molecular formula is C7H7F3N4. The van der Waals surface area contributed by atoms with Crippen LogP contribution in [0.2, 0.25) is 0 Å². The number of rotatable bonds is 1. The van der Waals surface area contributed by atoms with Gasteiger partial charge in [0.25, 0.3) is 0 Å². The van der Waals surface area contributed by atoms with E-state index >= 15 is 0 Å². The summed E-state index contributed by atoms with van der Waals surface area (Å²) in [5.41, 5.74) is 8.77. The van der Waals surface area contributed by atoms with Crippen LogP contribution < -0.4 is 11.5 Å². The number of aromatic nitrogens is 1. The van der Waals surface area contributed by atoms with Gasteiger partial charge in [-0.2, -0.15) is 13.2 Å². The maximum atomic E-state index is 12.1. The summed E-state index contributed by atoms with van der Waals surface area (Å²) < 4.78 is 36.4. The first kappa shape index (κ1) is 10.3. The van der Waals surface area contributed by atoms with Gasteiger partial charge in [-0.05, 0) is 12.1 Å². The van der Waals surface area contributed by atoms with Gasteiger partial charge in [0.05, 0.1) is 5.69 Å². The Kier molecular flexibility index (Phi) is 2.33. The third-order valence-electron chi connectivity index (χ3n) is 1.47. The van der Waals surface area contributed by atoms with Crippen molar-refractivity contribution in [1.82, 2.24) is 4.98 Å². The standard InChI is InChI=1S/C7H7F3N4/c8-7(9,10)4-2-1-3(11)5(14-4)6(12)13/h1-2H,11H2,(H3,12,13). The summed E-state index contributed by atoms with van der Waals surface area (Å²) >= 11 is 0. The molecule has 0 saturated carbocycles. The van der Waals surface area contributed by atoms with Crippen molar-refractivity contribution in [3.8, 4) is 0 Å². The van der Waals surface area contributed by atoms with Crippen LogP contribution in [0.3, 0.4) is 0 Å². The first-order valence-corrected chi connectivity index (χ1v) is 3.50. The lowest BCUT2D eigenvalue weighted by Gasteiger charge is -2.08. The molecule has 7 heteroatoms.